The van der Waals surface area contributed by atoms with Gasteiger partial charge in [-0.15, -0.1) is 0 Å². The first kappa shape index (κ1) is 14.9. The Balaban J connectivity index is 1.35. The number of piperidine rings is 1. The predicted molar refractivity (Wildman–Crippen MR) is 89.9 cm³/mol. The molecule has 2 bridgehead atoms. The van der Waals surface area contributed by atoms with Crippen LogP contribution >= 0.6 is 0 Å². The first-order chi connectivity index (χ1) is 11.8. The predicted octanol–water partition coefficient (Wildman–Crippen LogP) is 2.50. The highest BCUT2D eigenvalue weighted by molar-refractivity contribution is 5.93. The van der Waals surface area contributed by atoms with Crippen molar-refractivity contribution in [2.45, 2.75) is 57.4 Å². The van der Waals surface area contributed by atoms with Crippen molar-refractivity contribution in [3.8, 4) is 0 Å². The normalized spacial score (nSPS) is 30.2. The van der Waals surface area contributed by atoms with Crippen molar-refractivity contribution in [3.05, 3.63) is 17.0 Å². The fourth-order valence-corrected chi connectivity index (χ4v) is 4.90. The van der Waals surface area contributed by atoms with Gasteiger partial charge in [0.25, 0.3) is 5.91 Å². The lowest BCUT2D eigenvalue weighted by Gasteiger charge is -2.36. The van der Waals surface area contributed by atoms with Gasteiger partial charge in [0.15, 0.2) is 0 Å². The largest absolute Gasteiger partial charge is 0.350 e. The molecule has 3 saturated heterocycles. The van der Waals surface area contributed by atoms with Crippen molar-refractivity contribution in [2.24, 2.45) is 11.8 Å². The number of carbonyl (C=O) groups excluding carboxylic acids is 1. The van der Waals surface area contributed by atoms with Gasteiger partial charge in [-0.05, 0) is 63.2 Å². The summed E-state index contributed by atoms with van der Waals surface area (Å²) < 4.78 is 5.51. The number of fused-ring (bicyclic) bond motifs is 5. The Hall–Kier alpha value is -1.36. The number of rotatable bonds is 3. The van der Waals surface area contributed by atoms with E-state index in [0.29, 0.717) is 17.7 Å². The molecule has 24 heavy (non-hydrogen) atoms. The molecule has 1 amide bonds. The molecule has 0 radical (unpaired) electrons. The summed E-state index contributed by atoms with van der Waals surface area (Å²) in [4.78, 5) is 17.9. The van der Waals surface area contributed by atoms with E-state index in [2.05, 4.69) is 15.0 Å². The van der Waals surface area contributed by atoms with E-state index >= 15 is 0 Å². The van der Waals surface area contributed by atoms with E-state index in [-0.39, 0.29) is 5.91 Å². The minimum absolute atomic E-state index is 0.0934. The average molecular weight is 329 g/mol. The topological polar surface area (TPSA) is 49.6 Å². The van der Waals surface area contributed by atoms with Gasteiger partial charge in [0.1, 0.15) is 0 Å². The quantitative estimate of drug-likeness (QED) is 0.855. The number of hydrogen-bond acceptors (Lipinski definition) is 4. The Bertz CT molecular complexity index is 637. The zero-order chi connectivity index (χ0) is 16.1. The van der Waals surface area contributed by atoms with E-state index < -0.39 is 0 Å². The van der Waals surface area contributed by atoms with E-state index in [1.807, 2.05) is 0 Å². The number of hydrogen-bond donors (Lipinski definition) is 0. The highest BCUT2D eigenvalue weighted by atomic mass is 16.5. The molecule has 6 rings (SSSR count). The van der Waals surface area contributed by atoms with Crippen LogP contribution in [0, 0.1) is 11.8 Å². The summed E-state index contributed by atoms with van der Waals surface area (Å²) in [6.45, 7) is 4.20. The second kappa shape index (κ2) is 5.87. The minimum Gasteiger partial charge on any atom is -0.350 e. The van der Waals surface area contributed by atoms with Crippen LogP contribution in [0.25, 0.3) is 0 Å². The highest BCUT2D eigenvalue weighted by Gasteiger charge is 2.40. The summed E-state index contributed by atoms with van der Waals surface area (Å²) in [6, 6.07) is 0.548. The third-order valence-corrected chi connectivity index (χ3v) is 6.46. The van der Waals surface area contributed by atoms with E-state index in [0.717, 1.165) is 55.9 Å². The molecule has 5 heteroatoms. The van der Waals surface area contributed by atoms with Crippen molar-refractivity contribution in [1.82, 2.24) is 15.0 Å². The maximum Gasteiger partial charge on any atom is 0.292 e. The zero-order valence-electron chi connectivity index (χ0n) is 14.4. The molecule has 130 valence electrons. The van der Waals surface area contributed by atoms with Crippen molar-refractivity contribution >= 4 is 5.91 Å². The second-order valence-electron chi connectivity index (χ2n) is 8.35. The third-order valence-electron chi connectivity index (χ3n) is 6.46. The van der Waals surface area contributed by atoms with Gasteiger partial charge in [-0.3, -0.25) is 9.69 Å². The monoisotopic (exact) mass is 329 g/mol. The number of amides is 1. The molecule has 1 saturated carbocycles. The fourth-order valence-electron chi connectivity index (χ4n) is 4.90. The van der Waals surface area contributed by atoms with Gasteiger partial charge in [0, 0.05) is 37.8 Å². The first-order valence-corrected chi connectivity index (χ1v) is 9.78. The molecule has 0 unspecified atom stereocenters. The van der Waals surface area contributed by atoms with E-state index in [9.17, 15) is 4.79 Å². The SMILES string of the molecule is O=C(c1onc2c1CCCC2)N1C[C@@H]2CC[C@H](C1)N(CC1CC1)C2. The fraction of sp³-hybridized carbons (Fsp3) is 0.789. The molecule has 4 heterocycles. The van der Waals surface area contributed by atoms with Gasteiger partial charge in [-0.1, -0.05) is 5.16 Å². The standard InChI is InChI=1S/C19H27N3O2/c23-19(18-16-3-1-2-4-17(16)20-24-18)22-11-14-7-8-15(12-22)21(10-14)9-13-5-6-13/h13-15H,1-12H2/t14-,15-/m1/s1. The summed E-state index contributed by atoms with van der Waals surface area (Å²) in [7, 11) is 0. The molecule has 1 aromatic rings. The molecule has 0 spiro atoms. The summed E-state index contributed by atoms with van der Waals surface area (Å²) in [5.74, 6) is 2.19. The molecule has 3 aliphatic heterocycles. The molecule has 1 aromatic heterocycles. The van der Waals surface area contributed by atoms with Gasteiger partial charge >= 0.3 is 0 Å². The van der Waals surface area contributed by atoms with E-state index in [4.69, 9.17) is 4.52 Å². The molecule has 2 aliphatic carbocycles. The van der Waals surface area contributed by atoms with Crippen LogP contribution in [0.15, 0.2) is 4.52 Å². The number of nitrogens with zero attached hydrogens (tertiary/aromatic N) is 3. The van der Waals surface area contributed by atoms with Gasteiger partial charge in [0.05, 0.1) is 5.69 Å². The summed E-state index contributed by atoms with van der Waals surface area (Å²) in [5.41, 5.74) is 2.12. The third kappa shape index (κ3) is 2.67. The smallest absolute Gasteiger partial charge is 0.292 e. The van der Waals surface area contributed by atoms with Crippen LogP contribution in [0.2, 0.25) is 0 Å². The summed E-state index contributed by atoms with van der Waals surface area (Å²) >= 11 is 0. The lowest BCUT2D eigenvalue weighted by atomic mass is 9.95. The Morgan fingerprint density at radius 1 is 1.08 bits per heavy atom. The van der Waals surface area contributed by atoms with Crippen LogP contribution in [0.4, 0.5) is 0 Å². The van der Waals surface area contributed by atoms with Crippen molar-refractivity contribution in [3.63, 3.8) is 0 Å². The van der Waals surface area contributed by atoms with Gasteiger partial charge < -0.3 is 9.42 Å². The molecule has 2 atom stereocenters. The van der Waals surface area contributed by atoms with Crippen LogP contribution in [-0.4, -0.2) is 53.1 Å². The van der Waals surface area contributed by atoms with Gasteiger partial charge in [-0.25, -0.2) is 0 Å². The number of aromatic nitrogens is 1. The van der Waals surface area contributed by atoms with Crippen LogP contribution in [0.3, 0.4) is 0 Å². The van der Waals surface area contributed by atoms with E-state index in [1.54, 1.807) is 0 Å². The van der Waals surface area contributed by atoms with Crippen molar-refractivity contribution < 1.29 is 9.32 Å². The molecule has 4 fully saturated rings. The second-order valence-corrected chi connectivity index (χ2v) is 8.35. The Kier molecular flexibility index (Phi) is 3.65. The van der Waals surface area contributed by atoms with Crippen LogP contribution in [0.1, 0.15) is 60.3 Å². The molecule has 5 nitrogen and oxygen atoms in total. The number of carbonyl (C=O) groups is 1. The average Bonchev–Trinajstić information content (AvgIpc) is 3.37. The van der Waals surface area contributed by atoms with Crippen molar-refractivity contribution in [2.75, 3.05) is 26.2 Å². The molecule has 5 aliphatic rings. The van der Waals surface area contributed by atoms with Gasteiger partial charge in [-0.2, -0.15) is 0 Å². The summed E-state index contributed by atoms with van der Waals surface area (Å²) in [5, 5.41) is 4.18. The van der Waals surface area contributed by atoms with Crippen LogP contribution < -0.4 is 0 Å². The Morgan fingerprint density at radius 2 is 1.96 bits per heavy atom. The molecular weight excluding hydrogens is 302 g/mol. The highest BCUT2D eigenvalue weighted by Crippen LogP contribution is 2.35. The first-order valence-electron chi connectivity index (χ1n) is 9.78. The lowest BCUT2D eigenvalue weighted by Crippen LogP contribution is -2.45. The molecular formula is C19H27N3O2. The van der Waals surface area contributed by atoms with Crippen LogP contribution in [-0.2, 0) is 12.8 Å². The zero-order valence-corrected chi connectivity index (χ0v) is 14.4. The molecule has 0 aromatic carbocycles. The molecule has 0 N–H and O–H groups in total. The Morgan fingerprint density at radius 3 is 2.83 bits per heavy atom. The van der Waals surface area contributed by atoms with Crippen molar-refractivity contribution in [1.29, 1.82) is 0 Å². The summed E-state index contributed by atoms with van der Waals surface area (Å²) in [6.07, 6.45) is 9.55. The number of aryl methyl sites for hydroxylation is 1. The maximum atomic E-state index is 13.1. The maximum absolute atomic E-state index is 13.1. The van der Waals surface area contributed by atoms with Crippen LogP contribution in [0.5, 0.6) is 0 Å². The lowest BCUT2D eigenvalue weighted by molar-refractivity contribution is 0.0694. The van der Waals surface area contributed by atoms with E-state index in [1.165, 1.54) is 38.8 Å². The minimum atomic E-state index is 0.0934. The van der Waals surface area contributed by atoms with Gasteiger partial charge in [0.2, 0.25) is 5.76 Å². The Labute approximate surface area is 143 Å².